The number of aromatic nitrogens is 2. The fourth-order valence-corrected chi connectivity index (χ4v) is 2.23. The number of carbonyl (C=O) groups excluding carboxylic acids is 1. The van der Waals surface area contributed by atoms with Gasteiger partial charge in [0.15, 0.2) is 5.69 Å². The first-order chi connectivity index (χ1) is 9.11. The maximum absolute atomic E-state index is 12.0. The predicted molar refractivity (Wildman–Crippen MR) is 71.5 cm³/mol. The van der Waals surface area contributed by atoms with Gasteiger partial charge in [-0.15, -0.1) is 0 Å². The Hall–Kier alpha value is -2.30. The van der Waals surface area contributed by atoms with E-state index in [1.165, 1.54) is 0 Å². The number of amides is 1. The van der Waals surface area contributed by atoms with Gasteiger partial charge in [-0.25, -0.2) is 0 Å². The average molecular weight is 257 g/mol. The monoisotopic (exact) mass is 257 g/mol. The second-order valence-electron chi connectivity index (χ2n) is 4.85. The molecule has 2 N–H and O–H groups in total. The topological polar surface area (TPSA) is 67.0 Å². The second kappa shape index (κ2) is 4.42. The molecular formula is C14H15N3O2. The van der Waals surface area contributed by atoms with Gasteiger partial charge in [-0.05, 0) is 43.7 Å². The molecule has 19 heavy (non-hydrogen) atoms. The number of benzene rings is 1. The van der Waals surface area contributed by atoms with E-state index in [-0.39, 0.29) is 12.0 Å². The maximum atomic E-state index is 12.0. The number of aromatic amines is 1. The van der Waals surface area contributed by atoms with Crippen molar-refractivity contribution < 1.29 is 9.53 Å². The van der Waals surface area contributed by atoms with Crippen LogP contribution in [0, 0.1) is 6.92 Å². The third-order valence-corrected chi connectivity index (χ3v) is 3.09. The van der Waals surface area contributed by atoms with Crippen molar-refractivity contribution in [2.24, 2.45) is 0 Å². The first kappa shape index (κ1) is 11.8. The summed E-state index contributed by atoms with van der Waals surface area (Å²) in [6, 6.07) is 7.41. The molecule has 0 saturated carbocycles. The highest BCUT2D eigenvalue weighted by atomic mass is 16.5. The van der Waals surface area contributed by atoms with Crippen molar-refractivity contribution in [1.82, 2.24) is 10.2 Å². The van der Waals surface area contributed by atoms with Crippen LogP contribution in [-0.2, 0) is 6.42 Å². The number of aryl methyl sites for hydroxylation is 1. The van der Waals surface area contributed by atoms with Crippen LogP contribution in [0.3, 0.4) is 0 Å². The number of rotatable bonds is 2. The third-order valence-electron chi connectivity index (χ3n) is 3.09. The van der Waals surface area contributed by atoms with Gasteiger partial charge < -0.3 is 10.1 Å². The molecule has 1 aliphatic rings. The molecule has 0 bridgehead atoms. The first-order valence-corrected chi connectivity index (χ1v) is 6.25. The van der Waals surface area contributed by atoms with E-state index in [4.69, 9.17) is 4.74 Å². The fraction of sp³-hybridized carbons (Fsp3) is 0.286. The van der Waals surface area contributed by atoms with Crippen LogP contribution in [0.5, 0.6) is 5.75 Å². The molecule has 0 aliphatic carbocycles. The average Bonchev–Trinajstić information content (AvgIpc) is 2.93. The van der Waals surface area contributed by atoms with Crippen LogP contribution < -0.4 is 10.1 Å². The number of nitrogens with zero attached hydrogens (tertiary/aromatic N) is 1. The van der Waals surface area contributed by atoms with E-state index < -0.39 is 0 Å². The van der Waals surface area contributed by atoms with E-state index in [0.29, 0.717) is 5.69 Å². The molecule has 1 aromatic heterocycles. The normalized spacial score (nSPS) is 16.8. The first-order valence-electron chi connectivity index (χ1n) is 6.25. The minimum Gasteiger partial charge on any atom is -0.490 e. The van der Waals surface area contributed by atoms with Crippen molar-refractivity contribution in [1.29, 1.82) is 0 Å². The van der Waals surface area contributed by atoms with E-state index in [0.717, 1.165) is 29.1 Å². The molecule has 1 unspecified atom stereocenters. The molecular weight excluding hydrogens is 242 g/mol. The van der Waals surface area contributed by atoms with Crippen molar-refractivity contribution in [3.63, 3.8) is 0 Å². The Balaban J connectivity index is 1.77. The zero-order valence-electron chi connectivity index (χ0n) is 10.9. The molecule has 0 fully saturated rings. The summed E-state index contributed by atoms with van der Waals surface area (Å²) in [6.45, 7) is 3.89. The summed E-state index contributed by atoms with van der Waals surface area (Å²) in [5, 5.41) is 9.53. The van der Waals surface area contributed by atoms with Crippen LogP contribution in [-0.4, -0.2) is 22.2 Å². The number of anilines is 1. The molecule has 2 aromatic rings. The van der Waals surface area contributed by atoms with Gasteiger partial charge in [0.1, 0.15) is 11.9 Å². The highest BCUT2D eigenvalue weighted by molar-refractivity contribution is 6.03. The van der Waals surface area contributed by atoms with E-state index in [2.05, 4.69) is 15.5 Å². The maximum Gasteiger partial charge on any atom is 0.276 e. The number of ether oxygens (including phenoxy) is 1. The minimum atomic E-state index is -0.212. The fourth-order valence-electron chi connectivity index (χ4n) is 2.23. The van der Waals surface area contributed by atoms with Crippen molar-refractivity contribution in [2.45, 2.75) is 26.4 Å². The van der Waals surface area contributed by atoms with Crippen LogP contribution in [0.2, 0.25) is 0 Å². The van der Waals surface area contributed by atoms with Crippen molar-refractivity contribution in [3.8, 4) is 5.75 Å². The molecule has 5 heteroatoms. The van der Waals surface area contributed by atoms with E-state index in [1.807, 2.05) is 32.0 Å². The molecule has 1 atom stereocenters. The van der Waals surface area contributed by atoms with Gasteiger partial charge in [0.2, 0.25) is 0 Å². The molecule has 3 rings (SSSR count). The number of fused-ring (bicyclic) bond motifs is 1. The summed E-state index contributed by atoms with van der Waals surface area (Å²) in [5.74, 6) is 0.692. The van der Waals surface area contributed by atoms with Gasteiger partial charge >= 0.3 is 0 Å². The Morgan fingerprint density at radius 1 is 1.47 bits per heavy atom. The molecule has 1 aromatic carbocycles. The highest BCUT2D eigenvalue weighted by Gasteiger charge is 2.19. The zero-order chi connectivity index (χ0) is 13.4. The quantitative estimate of drug-likeness (QED) is 0.867. The number of nitrogens with one attached hydrogen (secondary N) is 2. The van der Waals surface area contributed by atoms with Crippen molar-refractivity contribution in [2.75, 3.05) is 5.32 Å². The molecule has 5 nitrogen and oxygen atoms in total. The van der Waals surface area contributed by atoms with Crippen molar-refractivity contribution in [3.05, 3.63) is 41.2 Å². The molecule has 1 aliphatic heterocycles. The molecule has 98 valence electrons. The zero-order valence-corrected chi connectivity index (χ0v) is 10.9. The summed E-state index contributed by atoms with van der Waals surface area (Å²) < 4.78 is 5.62. The number of carbonyl (C=O) groups is 1. The Morgan fingerprint density at radius 3 is 3.05 bits per heavy atom. The van der Waals surface area contributed by atoms with Gasteiger partial charge in [-0.3, -0.25) is 9.89 Å². The van der Waals surface area contributed by atoms with Gasteiger partial charge in [0.05, 0.1) is 0 Å². The molecule has 2 heterocycles. The van der Waals surface area contributed by atoms with Crippen LogP contribution >= 0.6 is 0 Å². The Bertz CT molecular complexity index is 633. The van der Waals surface area contributed by atoms with E-state index in [1.54, 1.807) is 6.07 Å². The highest BCUT2D eigenvalue weighted by Crippen LogP contribution is 2.31. The smallest absolute Gasteiger partial charge is 0.276 e. The molecule has 0 spiro atoms. The number of H-pyrrole nitrogens is 1. The Labute approximate surface area is 111 Å². The molecule has 1 amide bonds. The Kier molecular flexibility index (Phi) is 2.74. The summed E-state index contributed by atoms with van der Waals surface area (Å²) in [4.78, 5) is 12.0. The standard InChI is InChI=1S/C14H15N3O2/c1-8-5-12(17-16-8)14(18)15-11-3-4-13-10(7-11)6-9(2)19-13/h3-5,7,9H,6H2,1-2H3,(H,15,18)(H,16,17). The summed E-state index contributed by atoms with van der Waals surface area (Å²) in [7, 11) is 0. The largest absolute Gasteiger partial charge is 0.490 e. The minimum absolute atomic E-state index is 0.204. The number of hydrogen-bond acceptors (Lipinski definition) is 3. The second-order valence-corrected chi connectivity index (χ2v) is 4.85. The predicted octanol–water partition coefficient (Wildman–Crippen LogP) is 2.29. The summed E-state index contributed by atoms with van der Waals surface area (Å²) in [6.07, 6.45) is 1.08. The van der Waals surface area contributed by atoms with Crippen molar-refractivity contribution >= 4 is 11.6 Å². The van der Waals surface area contributed by atoms with Gasteiger partial charge in [-0.1, -0.05) is 0 Å². The lowest BCUT2D eigenvalue weighted by molar-refractivity contribution is 0.102. The lowest BCUT2D eigenvalue weighted by atomic mass is 10.1. The summed E-state index contributed by atoms with van der Waals surface area (Å²) in [5.41, 5.74) is 3.15. The number of hydrogen-bond donors (Lipinski definition) is 2. The van der Waals surface area contributed by atoms with Gasteiger partial charge in [0.25, 0.3) is 5.91 Å². The third kappa shape index (κ3) is 2.31. The van der Waals surface area contributed by atoms with Crippen LogP contribution in [0.25, 0.3) is 0 Å². The van der Waals surface area contributed by atoms with Crippen LogP contribution in [0.4, 0.5) is 5.69 Å². The summed E-state index contributed by atoms with van der Waals surface area (Å²) >= 11 is 0. The van der Waals surface area contributed by atoms with Crippen LogP contribution in [0.1, 0.15) is 28.7 Å². The van der Waals surface area contributed by atoms with Crippen LogP contribution in [0.15, 0.2) is 24.3 Å². The Morgan fingerprint density at radius 2 is 2.32 bits per heavy atom. The van der Waals surface area contributed by atoms with E-state index >= 15 is 0 Å². The van der Waals surface area contributed by atoms with Gasteiger partial charge in [-0.2, -0.15) is 5.10 Å². The SMILES string of the molecule is Cc1cc(C(=O)Nc2ccc3c(c2)CC(C)O3)n[nH]1. The molecule has 0 radical (unpaired) electrons. The lowest BCUT2D eigenvalue weighted by Gasteiger charge is -2.05. The lowest BCUT2D eigenvalue weighted by Crippen LogP contribution is -2.12. The van der Waals surface area contributed by atoms with Gasteiger partial charge in [0, 0.05) is 17.8 Å². The van der Waals surface area contributed by atoms with E-state index in [9.17, 15) is 4.79 Å². The molecule has 0 saturated heterocycles.